The Bertz CT molecular complexity index is 442. The van der Waals surface area contributed by atoms with Crippen LogP contribution in [0, 0.1) is 5.92 Å². The molecule has 0 aliphatic carbocycles. The third-order valence-corrected chi connectivity index (χ3v) is 2.71. The maximum absolute atomic E-state index is 12.8. The van der Waals surface area contributed by atoms with Gasteiger partial charge in [0, 0.05) is 5.92 Å². The zero-order chi connectivity index (χ0) is 14.1. The van der Waals surface area contributed by atoms with E-state index >= 15 is 0 Å². The minimum absolute atomic E-state index is 0.0117. The highest BCUT2D eigenvalue weighted by Crippen LogP contribution is 2.45. The summed E-state index contributed by atoms with van der Waals surface area (Å²) in [5.41, 5.74) is 0. The van der Waals surface area contributed by atoms with Gasteiger partial charge in [-0.25, -0.2) is 0 Å². The molecule has 0 fully saturated rings. The van der Waals surface area contributed by atoms with Gasteiger partial charge in [0.25, 0.3) is 0 Å². The van der Waals surface area contributed by atoms with Crippen LogP contribution in [0.5, 0.6) is 0 Å². The molecule has 4 nitrogen and oxygen atoms in total. The Morgan fingerprint density at radius 1 is 1.22 bits per heavy atom. The number of nitrogens with one attached hydrogen (secondary N) is 1. The zero-order valence-electron chi connectivity index (χ0n) is 9.18. The van der Waals surface area contributed by atoms with Crippen molar-refractivity contribution in [2.24, 2.45) is 5.92 Å². The van der Waals surface area contributed by atoms with E-state index in [0.717, 1.165) is 0 Å². The third kappa shape index (κ3) is 2.92. The topological polar surface area (TPSA) is 54.9 Å². The smallest absolute Gasteiger partial charge is 0.300 e. The molecule has 1 aromatic rings. The summed E-state index contributed by atoms with van der Waals surface area (Å²) in [6, 6.07) is 0. The Morgan fingerprint density at radius 2 is 1.78 bits per heavy atom. The van der Waals surface area contributed by atoms with Crippen LogP contribution < -0.4 is 5.32 Å². The second-order valence-corrected chi connectivity index (χ2v) is 4.61. The van der Waals surface area contributed by atoms with Crippen molar-refractivity contribution >= 4 is 22.4 Å². The van der Waals surface area contributed by atoms with Crippen LogP contribution >= 0.6 is 11.3 Å². The number of rotatable bonds is 3. The fourth-order valence-electron chi connectivity index (χ4n) is 0.772. The van der Waals surface area contributed by atoms with E-state index in [4.69, 9.17) is 0 Å². The second-order valence-electron chi connectivity index (χ2n) is 3.63. The van der Waals surface area contributed by atoms with Crippen LogP contribution in [0.1, 0.15) is 18.9 Å². The number of alkyl halides is 5. The van der Waals surface area contributed by atoms with Crippen molar-refractivity contribution in [2.75, 3.05) is 5.32 Å². The number of anilines is 1. The molecule has 10 heteroatoms. The molecule has 0 aromatic carbocycles. The van der Waals surface area contributed by atoms with Crippen molar-refractivity contribution in [3.63, 3.8) is 0 Å². The molecule has 0 saturated carbocycles. The molecule has 1 amide bonds. The quantitative estimate of drug-likeness (QED) is 0.870. The number of hydrogen-bond donors (Lipinski definition) is 1. The Labute approximate surface area is 102 Å². The van der Waals surface area contributed by atoms with Crippen molar-refractivity contribution < 1.29 is 26.7 Å². The molecule has 0 bridgehead atoms. The van der Waals surface area contributed by atoms with Crippen molar-refractivity contribution in [3.05, 3.63) is 5.01 Å². The van der Waals surface area contributed by atoms with E-state index in [0.29, 0.717) is 0 Å². The number of nitrogens with zero attached hydrogens (tertiary/aromatic N) is 2. The second kappa shape index (κ2) is 4.75. The van der Waals surface area contributed by atoms with E-state index in [1.807, 2.05) is 0 Å². The van der Waals surface area contributed by atoms with Crippen LogP contribution in [-0.4, -0.2) is 22.3 Å². The van der Waals surface area contributed by atoms with E-state index < -0.39 is 34.1 Å². The summed E-state index contributed by atoms with van der Waals surface area (Å²) in [7, 11) is 0. The number of aromatic nitrogens is 2. The maximum Gasteiger partial charge on any atom is 0.460 e. The van der Waals surface area contributed by atoms with Gasteiger partial charge in [-0.1, -0.05) is 25.2 Å². The van der Waals surface area contributed by atoms with Gasteiger partial charge >= 0.3 is 12.1 Å². The van der Waals surface area contributed by atoms with Gasteiger partial charge in [0.1, 0.15) is 0 Å². The van der Waals surface area contributed by atoms with E-state index in [-0.39, 0.29) is 11.3 Å². The number of amides is 1. The summed E-state index contributed by atoms with van der Waals surface area (Å²) in [6.45, 7) is 3.06. The van der Waals surface area contributed by atoms with Crippen molar-refractivity contribution in [2.45, 2.75) is 25.9 Å². The van der Waals surface area contributed by atoms with Crippen LogP contribution in [0.15, 0.2) is 0 Å². The van der Waals surface area contributed by atoms with E-state index in [1.54, 1.807) is 0 Å². The van der Waals surface area contributed by atoms with Crippen LogP contribution in [0.25, 0.3) is 0 Å². The highest BCUT2D eigenvalue weighted by Gasteiger charge is 2.61. The lowest BCUT2D eigenvalue weighted by molar-refractivity contribution is -0.289. The van der Waals surface area contributed by atoms with Gasteiger partial charge in [-0.05, 0) is 0 Å². The Morgan fingerprint density at radius 3 is 2.22 bits per heavy atom. The molecule has 1 N–H and O–H groups in total. The molecular weight excluding hydrogens is 281 g/mol. The van der Waals surface area contributed by atoms with Crippen molar-refractivity contribution in [3.8, 4) is 0 Å². The monoisotopic (exact) mass is 289 g/mol. The Kier molecular flexibility index (Phi) is 3.89. The van der Waals surface area contributed by atoms with Crippen LogP contribution in [-0.2, 0) is 10.7 Å². The van der Waals surface area contributed by atoms with E-state index in [9.17, 15) is 26.7 Å². The SMILES string of the molecule is CC(C)C(=O)Nc1nnc(C(F)(F)C(F)(F)F)s1. The first-order chi connectivity index (χ1) is 8.05. The number of carbonyl (C=O) groups excluding carboxylic acids is 1. The molecule has 0 atom stereocenters. The summed E-state index contributed by atoms with van der Waals surface area (Å²) in [5, 5.41) is 6.01. The Balaban J connectivity index is 2.91. The van der Waals surface area contributed by atoms with Crippen molar-refractivity contribution in [1.82, 2.24) is 10.2 Å². The lowest BCUT2D eigenvalue weighted by atomic mass is 10.2. The summed E-state index contributed by atoms with van der Waals surface area (Å²) in [5.74, 6) is -6.08. The molecule has 1 rings (SSSR count). The highest BCUT2D eigenvalue weighted by molar-refractivity contribution is 7.15. The molecule has 0 spiro atoms. The van der Waals surface area contributed by atoms with Gasteiger partial charge in [0.15, 0.2) is 5.01 Å². The molecule has 1 heterocycles. The molecule has 0 unspecified atom stereocenters. The summed E-state index contributed by atoms with van der Waals surface area (Å²) < 4.78 is 61.7. The molecule has 18 heavy (non-hydrogen) atoms. The van der Waals surface area contributed by atoms with Crippen LogP contribution in [0.4, 0.5) is 27.1 Å². The molecule has 102 valence electrons. The van der Waals surface area contributed by atoms with Gasteiger partial charge in [0.05, 0.1) is 0 Å². The standard InChI is InChI=1S/C8H8F5N3OS/c1-3(2)4(17)14-6-16-15-5(18-6)7(9,10)8(11,12)13/h3H,1-2H3,(H,14,16,17). The molecule has 0 aliphatic heterocycles. The van der Waals surface area contributed by atoms with E-state index in [1.165, 1.54) is 13.8 Å². The first-order valence-electron chi connectivity index (χ1n) is 4.65. The predicted molar refractivity (Wildman–Crippen MR) is 53.3 cm³/mol. The fraction of sp³-hybridized carbons (Fsp3) is 0.625. The first-order valence-corrected chi connectivity index (χ1v) is 5.46. The largest absolute Gasteiger partial charge is 0.460 e. The van der Waals surface area contributed by atoms with Crippen LogP contribution in [0.2, 0.25) is 0 Å². The fourth-order valence-corrected chi connectivity index (χ4v) is 1.51. The maximum atomic E-state index is 12.8. The number of carbonyl (C=O) groups is 1. The van der Waals surface area contributed by atoms with Gasteiger partial charge < -0.3 is 5.32 Å². The summed E-state index contributed by atoms with van der Waals surface area (Å²) in [4.78, 5) is 11.2. The Hall–Kier alpha value is -1.32. The van der Waals surface area contributed by atoms with Gasteiger partial charge in [0.2, 0.25) is 11.0 Å². The van der Waals surface area contributed by atoms with Gasteiger partial charge in [-0.3, -0.25) is 4.79 Å². The normalized spacial score (nSPS) is 12.9. The average molecular weight is 289 g/mol. The van der Waals surface area contributed by atoms with Crippen LogP contribution in [0.3, 0.4) is 0 Å². The van der Waals surface area contributed by atoms with Crippen molar-refractivity contribution in [1.29, 1.82) is 0 Å². The highest BCUT2D eigenvalue weighted by atomic mass is 32.1. The number of hydrogen-bond acceptors (Lipinski definition) is 4. The first kappa shape index (κ1) is 14.7. The molecule has 1 aromatic heterocycles. The molecule has 0 saturated heterocycles. The lowest BCUT2D eigenvalue weighted by Crippen LogP contribution is -2.33. The van der Waals surface area contributed by atoms with Gasteiger partial charge in [-0.15, -0.1) is 10.2 Å². The number of halogens is 5. The summed E-state index contributed by atoms with van der Waals surface area (Å²) in [6.07, 6.45) is -5.74. The lowest BCUT2D eigenvalue weighted by Gasteiger charge is -2.15. The average Bonchev–Trinajstić information content (AvgIpc) is 2.64. The zero-order valence-corrected chi connectivity index (χ0v) is 9.99. The molecule has 0 aliphatic rings. The predicted octanol–water partition coefficient (Wildman–Crippen LogP) is 2.79. The van der Waals surface area contributed by atoms with E-state index in [2.05, 4.69) is 15.5 Å². The minimum atomic E-state index is -5.74. The molecule has 0 radical (unpaired) electrons. The third-order valence-electron chi connectivity index (χ3n) is 1.80. The minimum Gasteiger partial charge on any atom is -0.300 e. The summed E-state index contributed by atoms with van der Waals surface area (Å²) >= 11 is -0.0117. The molecular formula is C8H8F5N3OS. The van der Waals surface area contributed by atoms with Gasteiger partial charge in [-0.2, -0.15) is 22.0 Å².